The Labute approximate surface area is 123 Å². The molecule has 3 aromatic rings. The van der Waals surface area contributed by atoms with Crippen molar-refractivity contribution in [2.45, 2.75) is 20.3 Å². The lowest BCUT2D eigenvalue weighted by Gasteiger charge is -2.02. The van der Waals surface area contributed by atoms with E-state index in [0.29, 0.717) is 0 Å². The molecule has 0 saturated heterocycles. The molecular weight excluding hydrogens is 264 g/mol. The summed E-state index contributed by atoms with van der Waals surface area (Å²) < 4.78 is 0. The standard InChI is InChI=1S/C17H16N2S/c1-3-16-12(2)20-17(19-16)15-9-14(10-18-11-15)13-7-5-4-6-8-13/h4-11H,3H2,1-2H3. The van der Waals surface area contributed by atoms with Gasteiger partial charge in [-0.15, -0.1) is 11.3 Å². The second-order valence-electron chi connectivity index (χ2n) is 4.70. The highest BCUT2D eigenvalue weighted by Crippen LogP contribution is 2.30. The van der Waals surface area contributed by atoms with Gasteiger partial charge in [-0.05, 0) is 25.0 Å². The lowest BCUT2D eigenvalue weighted by molar-refractivity contribution is 1.05. The van der Waals surface area contributed by atoms with E-state index >= 15 is 0 Å². The van der Waals surface area contributed by atoms with E-state index in [1.165, 1.54) is 16.1 Å². The van der Waals surface area contributed by atoms with Crippen molar-refractivity contribution in [3.63, 3.8) is 0 Å². The summed E-state index contributed by atoms with van der Waals surface area (Å²) in [5.74, 6) is 0. The molecule has 2 heterocycles. The molecule has 3 rings (SSSR count). The topological polar surface area (TPSA) is 25.8 Å². The van der Waals surface area contributed by atoms with Crippen molar-refractivity contribution in [3.8, 4) is 21.7 Å². The van der Waals surface area contributed by atoms with Crippen LogP contribution in [0.3, 0.4) is 0 Å². The highest BCUT2D eigenvalue weighted by Gasteiger charge is 2.09. The van der Waals surface area contributed by atoms with Crippen molar-refractivity contribution < 1.29 is 0 Å². The minimum absolute atomic E-state index is 0.980. The molecule has 0 bridgehead atoms. The van der Waals surface area contributed by atoms with Crippen LogP contribution >= 0.6 is 11.3 Å². The van der Waals surface area contributed by atoms with Crippen LogP contribution in [0, 0.1) is 6.92 Å². The Hall–Kier alpha value is -2.00. The van der Waals surface area contributed by atoms with E-state index in [0.717, 1.165) is 22.6 Å². The van der Waals surface area contributed by atoms with Crippen LogP contribution in [0.25, 0.3) is 21.7 Å². The maximum absolute atomic E-state index is 4.71. The molecule has 0 amide bonds. The molecule has 2 nitrogen and oxygen atoms in total. The van der Waals surface area contributed by atoms with Crippen LogP contribution in [0.15, 0.2) is 48.8 Å². The molecule has 0 radical (unpaired) electrons. The Bertz CT molecular complexity index is 717. The molecule has 1 aromatic carbocycles. The number of aromatic nitrogens is 2. The van der Waals surface area contributed by atoms with Crippen LogP contribution in [0.4, 0.5) is 0 Å². The Morgan fingerprint density at radius 3 is 2.45 bits per heavy atom. The van der Waals surface area contributed by atoms with Crippen LogP contribution in [0.5, 0.6) is 0 Å². The van der Waals surface area contributed by atoms with Gasteiger partial charge in [-0.2, -0.15) is 0 Å². The first-order valence-electron chi connectivity index (χ1n) is 6.75. The third-order valence-corrected chi connectivity index (χ3v) is 4.38. The summed E-state index contributed by atoms with van der Waals surface area (Å²) in [6.45, 7) is 4.28. The van der Waals surface area contributed by atoms with Gasteiger partial charge in [0.1, 0.15) is 5.01 Å². The summed E-state index contributed by atoms with van der Waals surface area (Å²) in [5.41, 5.74) is 4.61. The zero-order chi connectivity index (χ0) is 13.9. The number of benzene rings is 1. The largest absolute Gasteiger partial charge is 0.263 e. The summed E-state index contributed by atoms with van der Waals surface area (Å²) in [4.78, 5) is 10.4. The molecule has 0 saturated carbocycles. The number of hydrogen-bond acceptors (Lipinski definition) is 3. The molecule has 0 aliphatic carbocycles. The number of thiazole rings is 1. The molecule has 0 N–H and O–H groups in total. The smallest absolute Gasteiger partial charge is 0.125 e. The minimum Gasteiger partial charge on any atom is -0.263 e. The van der Waals surface area contributed by atoms with Crippen LogP contribution in [0.2, 0.25) is 0 Å². The van der Waals surface area contributed by atoms with E-state index < -0.39 is 0 Å². The Morgan fingerprint density at radius 2 is 1.75 bits per heavy atom. The average Bonchev–Trinajstić information content (AvgIpc) is 2.89. The third-order valence-electron chi connectivity index (χ3n) is 3.32. The molecule has 3 heteroatoms. The summed E-state index contributed by atoms with van der Waals surface area (Å²) in [6.07, 6.45) is 4.78. The number of rotatable bonds is 3. The van der Waals surface area contributed by atoms with Gasteiger partial charge in [0.2, 0.25) is 0 Å². The molecule has 0 aliphatic rings. The van der Waals surface area contributed by atoms with E-state index in [-0.39, 0.29) is 0 Å². The molecule has 0 fully saturated rings. The van der Waals surface area contributed by atoms with Crippen LogP contribution in [0.1, 0.15) is 17.5 Å². The summed E-state index contributed by atoms with van der Waals surface area (Å²) in [6, 6.07) is 12.5. The van der Waals surface area contributed by atoms with Crippen molar-refractivity contribution in [3.05, 3.63) is 59.4 Å². The van der Waals surface area contributed by atoms with Crippen molar-refractivity contribution in [1.29, 1.82) is 0 Å². The maximum atomic E-state index is 4.71. The van der Waals surface area contributed by atoms with Crippen LogP contribution in [-0.2, 0) is 6.42 Å². The average molecular weight is 280 g/mol. The van der Waals surface area contributed by atoms with Crippen LogP contribution < -0.4 is 0 Å². The Kier molecular flexibility index (Phi) is 3.61. The van der Waals surface area contributed by atoms with E-state index in [2.05, 4.69) is 37.0 Å². The van der Waals surface area contributed by atoms with Crippen LogP contribution in [-0.4, -0.2) is 9.97 Å². The quantitative estimate of drug-likeness (QED) is 0.692. The number of aryl methyl sites for hydroxylation is 2. The Morgan fingerprint density at radius 1 is 1.00 bits per heavy atom. The zero-order valence-corrected chi connectivity index (χ0v) is 12.4. The molecule has 2 aromatic heterocycles. The van der Waals surface area contributed by atoms with Gasteiger partial charge >= 0.3 is 0 Å². The first kappa shape index (κ1) is 13.0. The molecule has 0 aliphatic heterocycles. The molecule has 20 heavy (non-hydrogen) atoms. The van der Waals surface area contributed by atoms with Crippen molar-refractivity contribution >= 4 is 11.3 Å². The maximum Gasteiger partial charge on any atom is 0.125 e. The second kappa shape index (κ2) is 5.55. The third kappa shape index (κ3) is 2.49. The van der Waals surface area contributed by atoms with Gasteiger partial charge in [0.25, 0.3) is 0 Å². The predicted molar refractivity (Wildman–Crippen MR) is 84.9 cm³/mol. The summed E-state index contributed by atoms with van der Waals surface area (Å²) >= 11 is 1.74. The van der Waals surface area contributed by atoms with Gasteiger partial charge in [0, 0.05) is 28.4 Å². The van der Waals surface area contributed by atoms with Crippen molar-refractivity contribution in [1.82, 2.24) is 9.97 Å². The van der Waals surface area contributed by atoms with Gasteiger partial charge in [0.05, 0.1) is 5.69 Å². The normalized spacial score (nSPS) is 10.7. The summed E-state index contributed by atoms with van der Waals surface area (Å²) in [5, 5.41) is 1.06. The van der Waals surface area contributed by atoms with Gasteiger partial charge in [-0.3, -0.25) is 4.98 Å². The predicted octanol–water partition coefficient (Wildman–Crippen LogP) is 4.74. The lowest BCUT2D eigenvalue weighted by atomic mass is 10.1. The first-order valence-corrected chi connectivity index (χ1v) is 7.56. The highest BCUT2D eigenvalue weighted by molar-refractivity contribution is 7.15. The van der Waals surface area contributed by atoms with Gasteiger partial charge in [-0.1, -0.05) is 37.3 Å². The number of hydrogen-bond donors (Lipinski definition) is 0. The SMILES string of the molecule is CCc1nc(-c2cncc(-c3ccccc3)c2)sc1C. The van der Waals surface area contributed by atoms with E-state index in [1.807, 2.05) is 30.6 Å². The fourth-order valence-corrected chi connectivity index (χ4v) is 3.21. The van der Waals surface area contributed by atoms with E-state index in [4.69, 9.17) is 4.98 Å². The number of nitrogens with zero attached hydrogens (tertiary/aromatic N) is 2. The molecule has 0 unspecified atom stereocenters. The second-order valence-corrected chi connectivity index (χ2v) is 5.91. The van der Waals surface area contributed by atoms with E-state index in [9.17, 15) is 0 Å². The van der Waals surface area contributed by atoms with Gasteiger partial charge in [-0.25, -0.2) is 4.98 Å². The monoisotopic (exact) mass is 280 g/mol. The van der Waals surface area contributed by atoms with Gasteiger partial charge in [0.15, 0.2) is 0 Å². The molecule has 0 atom stereocenters. The zero-order valence-electron chi connectivity index (χ0n) is 11.6. The lowest BCUT2D eigenvalue weighted by Crippen LogP contribution is -1.85. The summed E-state index contributed by atoms with van der Waals surface area (Å²) in [7, 11) is 0. The van der Waals surface area contributed by atoms with Crippen molar-refractivity contribution in [2.75, 3.05) is 0 Å². The first-order chi connectivity index (χ1) is 9.78. The number of pyridine rings is 1. The van der Waals surface area contributed by atoms with Crippen molar-refractivity contribution in [2.24, 2.45) is 0 Å². The fraction of sp³-hybridized carbons (Fsp3) is 0.176. The molecular formula is C17H16N2S. The minimum atomic E-state index is 0.980. The highest BCUT2D eigenvalue weighted by atomic mass is 32.1. The molecule has 0 spiro atoms. The Balaban J connectivity index is 2.03. The van der Waals surface area contributed by atoms with E-state index in [1.54, 1.807) is 11.3 Å². The van der Waals surface area contributed by atoms with Gasteiger partial charge < -0.3 is 0 Å². The molecule has 100 valence electrons. The fourth-order valence-electron chi connectivity index (χ4n) is 2.22.